The lowest BCUT2D eigenvalue weighted by Gasteiger charge is -2.42. The van der Waals surface area contributed by atoms with E-state index in [9.17, 15) is 19.2 Å². The van der Waals surface area contributed by atoms with Gasteiger partial charge in [-0.25, -0.2) is 4.79 Å². The van der Waals surface area contributed by atoms with Crippen LogP contribution in [0.1, 0.15) is 64.7 Å². The zero-order chi connectivity index (χ0) is 23.5. The molecule has 1 unspecified atom stereocenters. The van der Waals surface area contributed by atoms with Crippen LogP contribution in [0.25, 0.3) is 0 Å². The predicted molar refractivity (Wildman–Crippen MR) is 121 cm³/mol. The fourth-order valence-corrected chi connectivity index (χ4v) is 5.13. The Labute approximate surface area is 193 Å². The zero-order valence-corrected chi connectivity index (χ0v) is 20.0. The van der Waals surface area contributed by atoms with Crippen molar-refractivity contribution in [1.29, 1.82) is 0 Å². The molecule has 1 aliphatic heterocycles. The molecule has 3 rings (SSSR count). The predicted octanol–water partition coefficient (Wildman–Crippen LogP) is 3.21. The summed E-state index contributed by atoms with van der Waals surface area (Å²) in [7, 11) is 0. The molecule has 1 atom stereocenters. The molecule has 2 heterocycles. The van der Waals surface area contributed by atoms with E-state index in [1.807, 2.05) is 17.5 Å². The summed E-state index contributed by atoms with van der Waals surface area (Å²) in [5.41, 5.74) is -0.738. The lowest BCUT2D eigenvalue weighted by Crippen LogP contribution is -2.51. The zero-order valence-electron chi connectivity index (χ0n) is 19.2. The van der Waals surface area contributed by atoms with Crippen molar-refractivity contribution >= 4 is 35.2 Å². The number of urea groups is 1. The molecular formula is C23H33N3O5S. The number of rotatable bonds is 8. The van der Waals surface area contributed by atoms with Gasteiger partial charge >= 0.3 is 12.0 Å². The van der Waals surface area contributed by atoms with E-state index >= 15 is 0 Å². The van der Waals surface area contributed by atoms with Crippen LogP contribution in [-0.2, 0) is 25.7 Å². The van der Waals surface area contributed by atoms with E-state index in [1.54, 1.807) is 0 Å². The van der Waals surface area contributed by atoms with Gasteiger partial charge in [-0.2, -0.15) is 0 Å². The molecule has 1 saturated heterocycles. The van der Waals surface area contributed by atoms with Crippen molar-refractivity contribution in [2.24, 2.45) is 11.3 Å². The summed E-state index contributed by atoms with van der Waals surface area (Å²) in [5.74, 6) is -1.10. The molecule has 1 spiro atoms. The van der Waals surface area contributed by atoms with E-state index in [-0.39, 0.29) is 11.3 Å². The third-order valence-corrected chi connectivity index (χ3v) is 7.96. The summed E-state index contributed by atoms with van der Waals surface area (Å²) >= 11 is 1.51. The Bertz CT molecular complexity index is 859. The first-order chi connectivity index (χ1) is 15.1. The molecule has 2 N–H and O–H groups in total. The minimum absolute atomic E-state index is 0.191. The number of hydrogen-bond donors (Lipinski definition) is 2. The van der Waals surface area contributed by atoms with Crippen LogP contribution in [-0.4, -0.2) is 46.9 Å². The summed E-state index contributed by atoms with van der Waals surface area (Å²) in [4.78, 5) is 52.0. The van der Waals surface area contributed by atoms with Crippen molar-refractivity contribution in [1.82, 2.24) is 15.5 Å². The number of hydrogen-bond acceptors (Lipinski definition) is 6. The maximum Gasteiger partial charge on any atom is 0.327 e. The quantitative estimate of drug-likeness (QED) is 0.455. The third-order valence-electron chi connectivity index (χ3n) is 7.08. The van der Waals surface area contributed by atoms with E-state index in [0.29, 0.717) is 25.3 Å². The van der Waals surface area contributed by atoms with E-state index in [2.05, 4.69) is 31.4 Å². The number of nitrogens with zero attached hydrogens (tertiary/aromatic N) is 1. The normalized spacial score (nSPS) is 24.4. The molecule has 8 nitrogen and oxygen atoms in total. The molecule has 9 heteroatoms. The number of imide groups is 1. The van der Waals surface area contributed by atoms with Gasteiger partial charge in [-0.3, -0.25) is 19.3 Å². The fraction of sp³-hybridized carbons (Fsp3) is 0.652. The average Bonchev–Trinajstić information content (AvgIpc) is 3.35. The molecule has 0 aromatic carbocycles. The molecule has 4 amide bonds. The second kappa shape index (κ2) is 9.60. The highest BCUT2D eigenvalue weighted by molar-refractivity contribution is 7.09. The van der Waals surface area contributed by atoms with Gasteiger partial charge in [0, 0.05) is 4.88 Å². The van der Waals surface area contributed by atoms with Gasteiger partial charge in [-0.05, 0) is 55.4 Å². The van der Waals surface area contributed by atoms with Crippen LogP contribution in [0.5, 0.6) is 0 Å². The van der Waals surface area contributed by atoms with E-state index in [0.717, 1.165) is 29.0 Å². The van der Waals surface area contributed by atoms with Crippen LogP contribution >= 0.6 is 11.3 Å². The van der Waals surface area contributed by atoms with Crippen LogP contribution in [0.2, 0.25) is 0 Å². The number of amides is 4. The number of ether oxygens (including phenoxy) is 1. The Morgan fingerprint density at radius 2 is 2.03 bits per heavy atom. The van der Waals surface area contributed by atoms with Crippen LogP contribution in [0, 0.1) is 11.3 Å². The smallest absolute Gasteiger partial charge is 0.327 e. The van der Waals surface area contributed by atoms with E-state index in [4.69, 9.17) is 4.74 Å². The third kappa shape index (κ3) is 5.14. The molecule has 32 heavy (non-hydrogen) atoms. The second-order valence-corrected chi connectivity index (χ2v) is 10.5. The molecule has 2 fully saturated rings. The average molecular weight is 464 g/mol. The molecule has 1 saturated carbocycles. The van der Waals surface area contributed by atoms with E-state index in [1.165, 1.54) is 18.3 Å². The highest BCUT2D eigenvalue weighted by Crippen LogP contribution is 2.45. The first kappa shape index (κ1) is 24.2. The Morgan fingerprint density at radius 3 is 2.62 bits per heavy atom. The van der Waals surface area contributed by atoms with Crippen LogP contribution < -0.4 is 10.6 Å². The van der Waals surface area contributed by atoms with Crippen LogP contribution in [0.15, 0.2) is 17.5 Å². The van der Waals surface area contributed by atoms with Crippen molar-refractivity contribution in [3.63, 3.8) is 0 Å². The van der Waals surface area contributed by atoms with Crippen LogP contribution in [0.4, 0.5) is 4.79 Å². The largest absolute Gasteiger partial charge is 0.451 e. The summed E-state index contributed by atoms with van der Waals surface area (Å²) in [5, 5.41) is 7.44. The molecule has 2 aliphatic rings. The van der Waals surface area contributed by atoms with Gasteiger partial charge in [-0.1, -0.05) is 33.3 Å². The van der Waals surface area contributed by atoms with Gasteiger partial charge in [0.1, 0.15) is 12.1 Å². The van der Waals surface area contributed by atoms with Gasteiger partial charge in [0.15, 0.2) is 6.10 Å². The summed E-state index contributed by atoms with van der Waals surface area (Å²) in [6, 6.07) is 3.21. The first-order valence-corrected chi connectivity index (χ1v) is 12.1. The number of carbonyl (C=O) groups excluding carboxylic acids is 4. The van der Waals surface area contributed by atoms with E-state index < -0.39 is 36.1 Å². The molecule has 1 aromatic heterocycles. The molecule has 1 aromatic rings. The van der Waals surface area contributed by atoms with Crippen LogP contribution in [0.3, 0.4) is 0 Å². The minimum Gasteiger partial charge on any atom is -0.451 e. The molecule has 176 valence electrons. The Balaban J connectivity index is 1.51. The number of thiophene rings is 1. The summed E-state index contributed by atoms with van der Waals surface area (Å²) in [6.07, 6.45) is 2.88. The van der Waals surface area contributed by atoms with Crippen molar-refractivity contribution in [3.05, 3.63) is 22.4 Å². The maximum atomic E-state index is 13.1. The number of nitrogens with one attached hydrogen (secondary N) is 2. The molecule has 0 bridgehead atoms. The maximum absolute atomic E-state index is 13.1. The monoisotopic (exact) mass is 463 g/mol. The van der Waals surface area contributed by atoms with Crippen molar-refractivity contribution in [3.8, 4) is 0 Å². The van der Waals surface area contributed by atoms with Gasteiger partial charge in [0.25, 0.3) is 11.8 Å². The highest BCUT2D eigenvalue weighted by Gasteiger charge is 2.54. The standard InChI is InChI=1S/C23H33N3O5S/c1-5-22(3,4)16-8-10-23(11-9-16)20(29)26(21(30)25-23)14-18(27)31-15(2)19(28)24-13-17-7-6-12-32-17/h6-7,12,15-16H,5,8-11,13-14H2,1-4H3,(H,24,28)(H,25,30). The Hall–Kier alpha value is -2.42. The number of carbonyl (C=O) groups is 4. The first-order valence-electron chi connectivity index (χ1n) is 11.2. The topological polar surface area (TPSA) is 105 Å². The summed E-state index contributed by atoms with van der Waals surface area (Å²) < 4.78 is 5.17. The fourth-order valence-electron chi connectivity index (χ4n) is 4.49. The summed E-state index contributed by atoms with van der Waals surface area (Å²) in [6.45, 7) is 7.97. The van der Waals surface area contributed by atoms with Gasteiger partial charge in [0.05, 0.1) is 6.54 Å². The lowest BCUT2D eigenvalue weighted by molar-refractivity contribution is -0.156. The highest BCUT2D eigenvalue weighted by atomic mass is 32.1. The Morgan fingerprint density at radius 1 is 1.34 bits per heavy atom. The SMILES string of the molecule is CCC(C)(C)C1CCC2(CC1)NC(=O)N(CC(=O)OC(C)C(=O)NCc1cccs1)C2=O. The minimum atomic E-state index is -1.02. The molecular weight excluding hydrogens is 430 g/mol. The lowest BCUT2D eigenvalue weighted by atomic mass is 9.65. The van der Waals surface area contributed by atoms with Gasteiger partial charge < -0.3 is 15.4 Å². The van der Waals surface area contributed by atoms with Gasteiger partial charge in [-0.15, -0.1) is 11.3 Å². The van der Waals surface area contributed by atoms with Crippen molar-refractivity contribution in [2.45, 2.75) is 78.0 Å². The Kier molecular flexibility index (Phi) is 7.27. The molecule has 0 radical (unpaired) electrons. The second-order valence-electron chi connectivity index (χ2n) is 9.45. The number of esters is 1. The van der Waals surface area contributed by atoms with Crippen molar-refractivity contribution in [2.75, 3.05) is 6.54 Å². The molecule has 1 aliphatic carbocycles. The van der Waals surface area contributed by atoms with Gasteiger partial charge in [0.2, 0.25) is 0 Å². The van der Waals surface area contributed by atoms with Crippen molar-refractivity contribution < 1.29 is 23.9 Å².